The molecule has 0 aliphatic carbocycles. The summed E-state index contributed by atoms with van der Waals surface area (Å²) in [5.74, 6) is 2.35. The molecule has 2 heterocycles. The number of anilines is 1. The quantitative estimate of drug-likeness (QED) is 0.564. The van der Waals surface area contributed by atoms with Gasteiger partial charge in [-0.2, -0.15) is 16.9 Å². The Hall–Kier alpha value is -2.97. The van der Waals surface area contributed by atoms with Gasteiger partial charge in [0.15, 0.2) is 0 Å². The summed E-state index contributed by atoms with van der Waals surface area (Å²) in [5.41, 5.74) is 3.27. The van der Waals surface area contributed by atoms with E-state index in [1.165, 1.54) is 0 Å². The first kappa shape index (κ1) is 21.3. The topological polar surface area (TPSA) is 85.2 Å². The van der Waals surface area contributed by atoms with Crippen molar-refractivity contribution in [3.05, 3.63) is 75.9 Å². The molecule has 7 nitrogen and oxygen atoms in total. The average molecular weight is 457 g/mol. The molecule has 31 heavy (non-hydrogen) atoms. The molecule has 1 aliphatic heterocycles. The molecular formula is C22H21ClN4O3S. The summed E-state index contributed by atoms with van der Waals surface area (Å²) in [6.45, 7) is 0.406. The maximum atomic E-state index is 12.7. The molecule has 0 atom stereocenters. The molecular weight excluding hydrogens is 436 g/mol. The number of halogens is 1. The minimum atomic E-state index is -0.290. The number of nitrogens with one attached hydrogen (secondary N) is 2. The van der Waals surface area contributed by atoms with Crippen LogP contribution in [0.25, 0.3) is 0 Å². The highest BCUT2D eigenvalue weighted by Gasteiger charge is 2.25. The van der Waals surface area contributed by atoms with Gasteiger partial charge in [-0.1, -0.05) is 29.8 Å². The largest absolute Gasteiger partial charge is 0.497 e. The van der Waals surface area contributed by atoms with Crippen molar-refractivity contribution in [1.82, 2.24) is 15.1 Å². The highest BCUT2D eigenvalue weighted by molar-refractivity contribution is 7.98. The number of hydrogen-bond donors (Lipinski definition) is 2. The molecule has 160 valence electrons. The number of rotatable bonds is 7. The summed E-state index contributed by atoms with van der Waals surface area (Å²) in [7, 11) is 1.61. The molecule has 3 aromatic rings. The molecule has 0 radical (unpaired) electrons. The van der Waals surface area contributed by atoms with Crippen LogP contribution in [-0.2, 0) is 29.4 Å². The van der Waals surface area contributed by atoms with Crippen LogP contribution in [0, 0.1) is 0 Å². The smallest absolute Gasteiger partial charge is 0.256 e. The predicted molar refractivity (Wildman–Crippen MR) is 121 cm³/mol. The van der Waals surface area contributed by atoms with Crippen molar-refractivity contribution < 1.29 is 14.3 Å². The van der Waals surface area contributed by atoms with Gasteiger partial charge >= 0.3 is 0 Å². The van der Waals surface area contributed by atoms with Crippen LogP contribution >= 0.6 is 23.4 Å². The van der Waals surface area contributed by atoms with E-state index in [1.54, 1.807) is 47.8 Å². The zero-order valence-corrected chi connectivity index (χ0v) is 18.4. The van der Waals surface area contributed by atoms with Gasteiger partial charge in [-0.15, -0.1) is 0 Å². The Kier molecular flexibility index (Phi) is 6.48. The highest BCUT2D eigenvalue weighted by Crippen LogP contribution is 2.35. The normalized spacial score (nSPS) is 12.3. The molecule has 0 spiro atoms. The fourth-order valence-electron chi connectivity index (χ4n) is 3.27. The van der Waals surface area contributed by atoms with Crippen molar-refractivity contribution in [3.8, 4) is 5.75 Å². The SMILES string of the molecule is COc1ccc(CNC(=O)Cn2nc3c(c2NC(=O)c2cccc(Cl)c2)CSC3)cc1. The summed E-state index contributed by atoms with van der Waals surface area (Å²) < 4.78 is 6.71. The summed E-state index contributed by atoms with van der Waals surface area (Å²) in [6.07, 6.45) is 0. The monoisotopic (exact) mass is 456 g/mol. The van der Waals surface area contributed by atoms with Gasteiger partial charge in [0.05, 0.1) is 12.8 Å². The molecule has 0 saturated carbocycles. The summed E-state index contributed by atoms with van der Waals surface area (Å²) >= 11 is 7.73. The lowest BCUT2D eigenvalue weighted by Gasteiger charge is -2.12. The standard InChI is InChI=1S/C22H21ClN4O3S/c1-30-17-7-5-14(6-8-17)10-24-20(28)11-27-21(18-12-31-13-19(18)26-27)25-22(29)15-3-2-4-16(23)9-15/h2-9H,10-13H2,1H3,(H,24,28)(H,25,29). The number of fused-ring (bicyclic) bond motifs is 1. The van der Waals surface area contributed by atoms with Crippen molar-refractivity contribution in [2.75, 3.05) is 12.4 Å². The molecule has 0 saturated heterocycles. The van der Waals surface area contributed by atoms with E-state index in [4.69, 9.17) is 16.3 Å². The van der Waals surface area contributed by atoms with E-state index >= 15 is 0 Å². The molecule has 4 rings (SSSR count). The lowest BCUT2D eigenvalue weighted by molar-refractivity contribution is -0.122. The summed E-state index contributed by atoms with van der Waals surface area (Å²) in [4.78, 5) is 25.3. The van der Waals surface area contributed by atoms with Crippen molar-refractivity contribution in [2.45, 2.75) is 24.6 Å². The van der Waals surface area contributed by atoms with E-state index in [0.717, 1.165) is 34.1 Å². The minimum absolute atomic E-state index is 0.0129. The van der Waals surface area contributed by atoms with Crippen LogP contribution in [-0.4, -0.2) is 28.7 Å². The van der Waals surface area contributed by atoms with Crippen molar-refractivity contribution in [2.24, 2.45) is 0 Å². The fraction of sp³-hybridized carbons (Fsp3) is 0.227. The number of aromatic nitrogens is 2. The number of methoxy groups -OCH3 is 1. The maximum Gasteiger partial charge on any atom is 0.256 e. The third-order valence-corrected chi connectivity index (χ3v) is 6.09. The van der Waals surface area contributed by atoms with Gasteiger partial charge in [-0.25, -0.2) is 4.68 Å². The van der Waals surface area contributed by atoms with E-state index in [2.05, 4.69) is 15.7 Å². The second-order valence-electron chi connectivity index (χ2n) is 7.01. The Labute approximate surface area is 189 Å². The van der Waals surface area contributed by atoms with E-state index < -0.39 is 0 Å². The predicted octanol–water partition coefficient (Wildman–Crippen LogP) is 3.86. The van der Waals surface area contributed by atoms with Gasteiger partial charge in [0.1, 0.15) is 18.1 Å². The second-order valence-corrected chi connectivity index (χ2v) is 8.44. The van der Waals surface area contributed by atoms with E-state index in [-0.39, 0.29) is 18.4 Å². The molecule has 0 fully saturated rings. The van der Waals surface area contributed by atoms with Gasteiger partial charge in [0.2, 0.25) is 5.91 Å². The number of thioether (sulfide) groups is 1. The van der Waals surface area contributed by atoms with Crippen LogP contribution in [0.3, 0.4) is 0 Å². The van der Waals surface area contributed by atoms with Crippen LogP contribution in [0.15, 0.2) is 48.5 Å². The molecule has 1 aromatic heterocycles. The van der Waals surface area contributed by atoms with Gasteiger partial charge in [0.25, 0.3) is 5.91 Å². The molecule has 0 bridgehead atoms. The Morgan fingerprint density at radius 3 is 2.74 bits per heavy atom. The van der Waals surface area contributed by atoms with Crippen molar-refractivity contribution >= 4 is 41.0 Å². The Balaban J connectivity index is 1.45. The fourth-order valence-corrected chi connectivity index (χ4v) is 4.49. The third-order valence-electron chi connectivity index (χ3n) is 4.88. The Bertz CT molecular complexity index is 1110. The van der Waals surface area contributed by atoms with Gasteiger partial charge in [0, 0.05) is 34.2 Å². The second kappa shape index (κ2) is 9.45. The first-order valence-electron chi connectivity index (χ1n) is 9.66. The van der Waals surface area contributed by atoms with Crippen LogP contribution in [0.1, 0.15) is 27.2 Å². The zero-order valence-electron chi connectivity index (χ0n) is 16.9. The molecule has 0 unspecified atom stereocenters. The lowest BCUT2D eigenvalue weighted by atomic mass is 10.2. The number of hydrogen-bond acceptors (Lipinski definition) is 5. The minimum Gasteiger partial charge on any atom is -0.497 e. The van der Waals surface area contributed by atoms with E-state index in [9.17, 15) is 9.59 Å². The van der Waals surface area contributed by atoms with Gasteiger partial charge < -0.3 is 15.4 Å². The molecule has 2 aromatic carbocycles. The maximum absolute atomic E-state index is 12.7. The number of amides is 2. The van der Waals surface area contributed by atoms with Gasteiger partial charge in [-0.3, -0.25) is 9.59 Å². The molecule has 1 aliphatic rings. The van der Waals surface area contributed by atoms with Crippen molar-refractivity contribution in [3.63, 3.8) is 0 Å². The van der Waals surface area contributed by atoms with Crippen LogP contribution in [0.4, 0.5) is 5.82 Å². The van der Waals surface area contributed by atoms with Crippen LogP contribution < -0.4 is 15.4 Å². The number of nitrogens with zero attached hydrogens (tertiary/aromatic N) is 2. The highest BCUT2D eigenvalue weighted by atomic mass is 35.5. The van der Waals surface area contributed by atoms with Crippen LogP contribution in [0.2, 0.25) is 5.02 Å². The molecule has 2 N–H and O–H groups in total. The first-order valence-corrected chi connectivity index (χ1v) is 11.2. The Morgan fingerprint density at radius 2 is 2.00 bits per heavy atom. The number of ether oxygens (including phenoxy) is 1. The molecule has 9 heteroatoms. The van der Waals surface area contributed by atoms with Crippen LogP contribution in [0.5, 0.6) is 5.75 Å². The van der Waals surface area contributed by atoms with Gasteiger partial charge in [-0.05, 0) is 35.9 Å². The Morgan fingerprint density at radius 1 is 1.19 bits per heavy atom. The average Bonchev–Trinajstić information content (AvgIpc) is 3.35. The number of benzene rings is 2. The van der Waals surface area contributed by atoms with Crippen molar-refractivity contribution in [1.29, 1.82) is 0 Å². The third kappa shape index (κ3) is 5.03. The zero-order chi connectivity index (χ0) is 21.8. The number of carbonyl (C=O) groups excluding carboxylic acids is 2. The first-order chi connectivity index (χ1) is 15.0. The van der Waals surface area contributed by atoms with E-state index in [1.807, 2.05) is 24.3 Å². The molecule has 2 amide bonds. The summed E-state index contributed by atoms with van der Waals surface area (Å²) in [6, 6.07) is 14.2. The number of carbonyl (C=O) groups is 2. The van der Waals surface area contributed by atoms with E-state index in [0.29, 0.717) is 22.9 Å². The summed E-state index contributed by atoms with van der Waals surface area (Å²) in [5, 5.41) is 10.9. The lowest BCUT2D eigenvalue weighted by Crippen LogP contribution is -2.28.